The van der Waals surface area contributed by atoms with Gasteiger partial charge in [0.1, 0.15) is 39.0 Å². The van der Waals surface area contributed by atoms with Gasteiger partial charge in [-0.3, -0.25) is 14.4 Å². The fourth-order valence-corrected chi connectivity index (χ4v) is 7.61. The molecule has 3 heterocycles. The molecule has 0 saturated carbocycles. The summed E-state index contributed by atoms with van der Waals surface area (Å²) in [4.78, 5) is 79.2. The normalized spacial score (nSPS) is 16.1. The van der Waals surface area contributed by atoms with Crippen LogP contribution in [0.25, 0.3) is 16.6 Å². The maximum Gasteiger partial charge on any atom is 0.509 e. The SMILES string of the molecule is CC(C)N(CCc1c2c(nc3ccccc13)/C(=C/C1=C(C=O)COC(=O)C1OC(=O)OCc1ccc(NC(=O)CNC(=O)COCC=O)cc1)N(C)C2)S(C)(=O)=O. The van der Waals surface area contributed by atoms with Crippen LogP contribution in [0.3, 0.4) is 0 Å². The number of nitrogens with zero attached hydrogens (tertiary/aromatic N) is 3. The summed E-state index contributed by atoms with van der Waals surface area (Å²) >= 11 is 0. The molecule has 17 nitrogen and oxygen atoms in total. The van der Waals surface area contributed by atoms with Gasteiger partial charge in [0, 0.05) is 54.0 Å². The van der Waals surface area contributed by atoms with Crippen LogP contribution >= 0.6 is 0 Å². The van der Waals surface area contributed by atoms with Crippen molar-refractivity contribution in [1.29, 1.82) is 0 Å². The van der Waals surface area contributed by atoms with Crippen molar-refractivity contribution in [3.8, 4) is 0 Å². The van der Waals surface area contributed by atoms with Gasteiger partial charge in [-0.05, 0) is 55.7 Å². The summed E-state index contributed by atoms with van der Waals surface area (Å²) in [5.41, 5.74) is 4.64. The molecule has 2 aromatic carbocycles. The van der Waals surface area contributed by atoms with E-state index in [4.69, 9.17) is 23.9 Å². The summed E-state index contributed by atoms with van der Waals surface area (Å²) in [6.07, 6.45) is 1.35. The van der Waals surface area contributed by atoms with E-state index in [-0.39, 0.29) is 56.7 Å². The molecule has 18 heteroatoms. The van der Waals surface area contributed by atoms with Crippen LogP contribution < -0.4 is 10.6 Å². The Labute approximate surface area is 329 Å². The minimum Gasteiger partial charge on any atom is -0.458 e. The monoisotopic (exact) mass is 805 g/mol. The van der Waals surface area contributed by atoms with Gasteiger partial charge in [0.05, 0.1) is 29.7 Å². The van der Waals surface area contributed by atoms with E-state index in [1.165, 1.54) is 10.6 Å². The van der Waals surface area contributed by atoms with Gasteiger partial charge in [-0.1, -0.05) is 30.3 Å². The first-order valence-electron chi connectivity index (χ1n) is 17.9. The van der Waals surface area contributed by atoms with E-state index in [1.54, 1.807) is 30.3 Å². The number of para-hydroxylation sites is 1. The topological polar surface area (TPSA) is 217 Å². The molecule has 2 aliphatic rings. The van der Waals surface area contributed by atoms with Crippen LogP contribution in [-0.2, 0) is 72.5 Å². The van der Waals surface area contributed by atoms with Gasteiger partial charge in [0.2, 0.25) is 27.9 Å². The average molecular weight is 806 g/mol. The van der Waals surface area contributed by atoms with E-state index < -0.39 is 40.1 Å². The molecule has 0 radical (unpaired) electrons. The molecule has 3 aromatic rings. The number of fused-ring (bicyclic) bond motifs is 2. The lowest BCUT2D eigenvalue weighted by Gasteiger charge is -2.25. The lowest BCUT2D eigenvalue weighted by atomic mass is 9.96. The highest BCUT2D eigenvalue weighted by molar-refractivity contribution is 7.88. The third-order valence-corrected chi connectivity index (χ3v) is 10.5. The lowest BCUT2D eigenvalue weighted by Crippen LogP contribution is -2.37. The molecule has 1 atom stereocenters. The van der Waals surface area contributed by atoms with Crippen molar-refractivity contribution in [3.63, 3.8) is 0 Å². The van der Waals surface area contributed by atoms with E-state index in [1.807, 2.05) is 50.1 Å². The number of amides is 2. The van der Waals surface area contributed by atoms with E-state index in [0.717, 1.165) is 16.5 Å². The zero-order valence-corrected chi connectivity index (χ0v) is 32.6. The number of aldehydes is 2. The second-order valence-corrected chi connectivity index (χ2v) is 15.4. The maximum absolute atomic E-state index is 13.1. The number of sulfonamides is 1. The van der Waals surface area contributed by atoms with Crippen LogP contribution in [0.2, 0.25) is 0 Å². The second kappa shape index (κ2) is 18.8. The molecule has 2 N–H and O–H groups in total. The number of esters is 1. The number of aromatic nitrogens is 1. The maximum atomic E-state index is 13.1. The fraction of sp³-hybridized carbons (Fsp3) is 0.359. The van der Waals surface area contributed by atoms with Crippen molar-refractivity contribution >= 4 is 68.8 Å². The Morgan fingerprint density at radius 2 is 1.82 bits per heavy atom. The van der Waals surface area contributed by atoms with Gasteiger partial charge in [0.15, 0.2) is 0 Å². The number of nitrogens with one attached hydrogen (secondary N) is 2. The molecule has 302 valence electrons. The van der Waals surface area contributed by atoms with Crippen molar-refractivity contribution < 1.29 is 56.1 Å². The smallest absolute Gasteiger partial charge is 0.458 e. The lowest BCUT2D eigenvalue weighted by molar-refractivity contribution is -0.153. The van der Waals surface area contributed by atoms with Crippen LogP contribution in [0.1, 0.15) is 36.2 Å². The molecular weight excluding hydrogens is 763 g/mol. The van der Waals surface area contributed by atoms with Crippen molar-refractivity contribution in [2.75, 3.05) is 51.5 Å². The van der Waals surface area contributed by atoms with Gasteiger partial charge < -0.3 is 39.3 Å². The highest BCUT2D eigenvalue weighted by Crippen LogP contribution is 2.38. The molecule has 2 aliphatic heterocycles. The molecule has 1 aromatic heterocycles. The summed E-state index contributed by atoms with van der Waals surface area (Å²) < 4.78 is 47.3. The minimum absolute atomic E-state index is 0.0759. The Balaban J connectivity index is 1.30. The van der Waals surface area contributed by atoms with Crippen LogP contribution in [0.15, 0.2) is 65.8 Å². The first-order chi connectivity index (χ1) is 27.2. The first-order valence-corrected chi connectivity index (χ1v) is 19.7. The Morgan fingerprint density at radius 3 is 2.51 bits per heavy atom. The summed E-state index contributed by atoms with van der Waals surface area (Å²) in [5, 5.41) is 5.83. The van der Waals surface area contributed by atoms with Gasteiger partial charge in [-0.2, -0.15) is 4.31 Å². The summed E-state index contributed by atoms with van der Waals surface area (Å²) in [5.74, 6) is -1.99. The van der Waals surface area contributed by atoms with Gasteiger partial charge in [-0.25, -0.2) is 23.0 Å². The van der Waals surface area contributed by atoms with Crippen LogP contribution in [0, 0.1) is 0 Å². The summed E-state index contributed by atoms with van der Waals surface area (Å²) in [7, 11) is -1.66. The highest BCUT2D eigenvalue weighted by Gasteiger charge is 2.37. The Morgan fingerprint density at radius 1 is 1.09 bits per heavy atom. The number of ether oxygens (including phenoxy) is 4. The highest BCUT2D eigenvalue weighted by atomic mass is 32.2. The second-order valence-electron chi connectivity index (χ2n) is 13.5. The summed E-state index contributed by atoms with van der Waals surface area (Å²) in [6.45, 7) is 2.74. The molecule has 0 bridgehead atoms. The van der Waals surface area contributed by atoms with E-state index >= 15 is 0 Å². The number of carbonyl (C=O) groups excluding carboxylic acids is 6. The average Bonchev–Trinajstić information content (AvgIpc) is 3.48. The quantitative estimate of drug-likeness (QED) is 0.114. The fourth-order valence-electron chi connectivity index (χ4n) is 6.42. The number of hydrogen-bond donors (Lipinski definition) is 2. The van der Waals surface area contributed by atoms with E-state index in [2.05, 4.69) is 10.6 Å². The number of pyridine rings is 1. The standard InChI is InChI=1S/C39H43N5O12S/c1-24(2)44(57(4,51)52)14-13-28-29-7-5-6-8-32(29)42-36-31(28)19-43(3)33(36)17-30-26(20-46)22-54-38(49)37(30)56-39(50)55-21-25-9-11-27(12-10-25)41-34(47)18-40-35(48)23-53-16-15-45/h5-12,15,17,20,24,37H,13-14,16,18-19,21-23H2,1-4H3,(H,40,48)(H,41,47)/b33-17-. The number of anilines is 1. The number of cyclic esters (lactones) is 1. The molecule has 57 heavy (non-hydrogen) atoms. The van der Waals surface area contributed by atoms with Crippen molar-refractivity contribution in [3.05, 3.63) is 88.1 Å². The first kappa shape index (κ1) is 42.2. The van der Waals surface area contributed by atoms with Crippen LogP contribution in [0.4, 0.5) is 10.5 Å². The third kappa shape index (κ3) is 10.7. The van der Waals surface area contributed by atoms with Gasteiger partial charge in [-0.15, -0.1) is 0 Å². The summed E-state index contributed by atoms with van der Waals surface area (Å²) in [6, 6.07) is 13.5. The van der Waals surface area contributed by atoms with Crippen molar-refractivity contribution in [2.45, 2.75) is 45.6 Å². The van der Waals surface area contributed by atoms with Crippen molar-refractivity contribution in [2.24, 2.45) is 0 Å². The van der Waals surface area contributed by atoms with Crippen LogP contribution in [0.5, 0.6) is 0 Å². The Bertz CT molecular complexity index is 2220. The van der Waals surface area contributed by atoms with Crippen LogP contribution in [-0.4, -0.2) is 117 Å². The number of rotatable bonds is 17. The predicted molar refractivity (Wildman–Crippen MR) is 206 cm³/mol. The molecule has 1 unspecified atom stereocenters. The predicted octanol–water partition coefficient (Wildman–Crippen LogP) is 2.28. The molecule has 0 spiro atoms. The largest absolute Gasteiger partial charge is 0.509 e. The third-order valence-electron chi connectivity index (χ3n) is 9.09. The number of carbonyl (C=O) groups is 6. The number of benzene rings is 2. The van der Waals surface area contributed by atoms with E-state index in [0.29, 0.717) is 53.7 Å². The minimum atomic E-state index is -3.48. The molecule has 0 fully saturated rings. The Hall–Kier alpha value is -5.98. The van der Waals surface area contributed by atoms with Gasteiger partial charge >= 0.3 is 12.1 Å². The number of hydrogen-bond acceptors (Lipinski definition) is 14. The van der Waals surface area contributed by atoms with Crippen molar-refractivity contribution in [1.82, 2.24) is 19.5 Å². The molecule has 2 amide bonds. The van der Waals surface area contributed by atoms with E-state index in [9.17, 15) is 37.2 Å². The zero-order chi connectivity index (χ0) is 41.3. The molecular formula is C39H43N5O12S. The zero-order valence-electron chi connectivity index (χ0n) is 31.8. The molecule has 0 saturated heterocycles. The van der Waals surface area contributed by atoms with Gasteiger partial charge in [0.25, 0.3) is 0 Å². The molecule has 0 aliphatic carbocycles. The Kier molecular flexibility index (Phi) is 13.9. The molecule has 5 rings (SSSR count).